The number of hydrogen-bond donors (Lipinski definition) is 6. The molecular formula is C45H59N3O7. The highest BCUT2D eigenvalue weighted by atomic mass is 16.4. The molecule has 0 bridgehead atoms. The highest BCUT2D eigenvalue weighted by Gasteiger charge is 2.79. The number of carboxylic acids is 1. The second-order valence-electron chi connectivity index (χ2n) is 18.7. The lowest BCUT2D eigenvalue weighted by atomic mass is 9.35. The SMILES string of the molecule is CC(=C[C@@H](O)[C@H]1[C@@H](N=C(N)N)C=C[C@@]23C[C@H](O)[C@]4(C)C5=C(C(=O)[C@@H](CCCC[C@@H]12)[C@@]43C)[C@@]1(C)CCC(=O)C(C)(C)[C@@H]1[C@H](C=Cc1ccccc1)[C@H]5O)C(=O)O. The first-order chi connectivity index (χ1) is 25.8. The second-order valence-corrected chi connectivity index (χ2v) is 18.7. The molecule has 6 aliphatic carbocycles. The molecule has 55 heavy (non-hydrogen) atoms. The van der Waals surface area contributed by atoms with Crippen LogP contribution in [0.15, 0.2) is 76.3 Å². The van der Waals surface area contributed by atoms with Gasteiger partial charge in [-0.3, -0.25) is 9.59 Å². The first-order valence-corrected chi connectivity index (χ1v) is 20.1. The maximum atomic E-state index is 15.8. The molecule has 0 saturated heterocycles. The normalized spacial score (nSPS) is 42.7. The van der Waals surface area contributed by atoms with Gasteiger partial charge >= 0.3 is 5.97 Å². The summed E-state index contributed by atoms with van der Waals surface area (Å²) in [7, 11) is 0. The Morgan fingerprint density at radius 1 is 1.02 bits per heavy atom. The van der Waals surface area contributed by atoms with Crippen LogP contribution >= 0.6 is 0 Å². The van der Waals surface area contributed by atoms with E-state index in [-0.39, 0.29) is 41.4 Å². The van der Waals surface area contributed by atoms with Gasteiger partial charge in [0.05, 0.1) is 24.4 Å². The maximum absolute atomic E-state index is 15.8. The predicted molar refractivity (Wildman–Crippen MR) is 211 cm³/mol. The number of fused-ring (bicyclic) bond motifs is 3. The summed E-state index contributed by atoms with van der Waals surface area (Å²) in [6, 6.07) is 9.16. The lowest BCUT2D eigenvalue weighted by Gasteiger charge is -2.67. The molecular weight excluding hydrogens is 695 g/mol. The van der Waals surface area contributed by atoms with Crippen molar-refractivity contribution in [3.05, 3.63) is 76.9 Å². The summed E-state index contributed by atoms with van der Waals surface area (Å²) in [5.74, 6) is -3.66. The van der Waals surface area contributed by atoms with Crippen molar-refractivity contribution < 1.29 is 34.8 Å². The Bertz CT molecular complexity index is 1930. The zero-order valence-electron chi connectivity index (χ0n) is 33.0. The van der Waals surface area contributed by atoms with Gasteiger partial charge in [-0.15, -0.1) is 0 Å². The fourth-order valence-corrected chi connectivity index (χ4v) is 13.6. The Morgan fingerprint density at radius 2 is 1.69 bits per heavy atom. The number of benzene rings is 1. The topological polar surface area (TPSA) is 197 Å². The number of nitrogens with zero attached hydrogens (tertiary/aromatic N) is 1. The Kier molecular flexibility index (Phi) is 9.58. The van der Waals surface area contributed by atoms with Crippen molar-refractivity contribution >= 4 is 29.6 Å². The van der Waals surface area contributed by atoms with E-state index in [1.54, 1.807) is 0 Å². The monoisotopic (exact) mass is 753 g/mol. The van der Waals surface area contributed by atoms with Crippen LogP contribution in [0.4, 0.5) is 0 Å². The molecule has 0 heterocycles. The second kappa shape index (κ2) is 13.4. The average molecular weight is 754 g/mol. The largest absolute Gasteiger partial charge is 0.478 e. The summed E-state index contributed by atoms with van der Waals surface area (Å²) >= 11 is 0. The van der Waals surface area contributed by atoms with Gasteiger partial charge in [0, 0.05) is 57.0 Å². The van der Waals surface area contributed by atoms with Crippen molar-refractivity contribution in [1.29, 1.82) is 0 Å². The van der Waals surface area contributed by atoms with Crippen molar-refractivity contribution in [3.63, 3.8) is 0 Å². The number of carbonyl (C=O) groups excluding carboxylic acids is 2. The van der Waals surface area contributed by atoms with E-state index in [0.29, 0.717) is 36.8 Å². The zero-order valence-corrected chi connectivity index (χ0v) is 33.0. The number of carbonyl (C=O) groups is 3. The molecule has 10 heteroatoms. The van der Waals surface area contributed by atoms with Crippen molar-refractivity contribution in [2.45, 2.75) is 111 Å². The number of hydrogen-bond acceptors (Lipinski definition) is 7. The zero-order chi connectivity index (χ0) is 40.0. The van der Waals surface area contributed by atoms with Gasteiger partial charge in [0.2, 0.25) is 0 Å². The first-order valence-electron chi connectivity index (χ1n) is 20.1. The van der Waals surface area contributed by atoms with E-state index in [2.05, 4.69) is 24.9 Å². The summed E-state index contributed by atoms with van der Waals surface area (Å²) < 4.78 is 0. The van der Waals surface area contributed by atoms with Gasteiger partial charge in [-0.1, -0.05) is 102 Å². The van der Waals surface area contributed by atoms with Gasteiger partial charge in [-0.2, -0.15) is 0 Å². The molecule has 0 aliphatic heterocycles. The number of aliphatic carboxylic acids is 1. The molecule has 1 spiro atoms. The van der Waals surface area contributed by atoms with Crippen molar-refractivity contribution in [2.75, 3.05) is 0 Å². The van der Waals surface area contributed by atoms with Crippen LogP contribution in [-0.4, -0.2) is 68.3 Å². The van der Waals surface area contributed by atoms with E-state index in [9.17, 15) is 30.0 Å². The Morgan fingerprint density at radius 3 is 2.35 bits per heavy atom. The van der Waals surface area contributed by atoms with Crippen LogP contribution in [-0.2, 0) is 14.4 Å². The minimum absolute atomic E-state index is 0.00923. The fourth-order valence-electron chi connectivity index (χ4n) is 13.6. The van der Waals surface area contributed by atoms with Gasteiger partial charge < -0.3 is 31.9 Å². The number of ketones is 2. The van der Waals surface area contributed by atoms with Crippen LogP contribution in [0.1, 0.15) is 92.1 Å². The number of Topliss-reactive ketones (excluding diaryl/α,β-unsaturated/α-hetero) is 2. The van der Waals surface area contributed by atoms with Crippen LogP contribution in [0.25, 0.3) is 6.08 Å². The van der Waals surface area contributed by atoms with Crippen LogP contribution < -0.4 is 11.5 Å². The van der Waals surface area contributed by atoms with E-state index >= 15 is 4.79 Å². The summed E-state index contributed by atoms with van der Waals surface area (Å²) in [5.41, 5.74) is 9.53. The van der Waals surface area contributed by atoms with E-state index in [4.69, 9.17) is 11.5 Å². The predicted octanol–water partition coefficient (Wildman–Crippen LogP) is 5.37. The third-order valence-electron chi connectivity index (χ3n) is 16.1. The number of nitrogens with two attached hydrogens (primary N) is 2. The number of aliphatic imine (C=N–C) groups is 1. The van der Waals surface area contributed by atoms with Gasteiger partial charge in [-0.05, 0) is 67.1 Å². The van der Waals surface area contributed by atoms with Crippen molar-refractivity contribution in [2.24, 2.45) is 73.1 Å². The molecule has 13 atom stereocenters. The van der Waals surface area contributed by atoms with E-state index < -0.39 is 75.2 Å². The van der Waals surface area contributed by atoms with Crippen LogP contribution in [0.5, 0.6) is 0 Å². The fraction of sp³-hybridized carbons (Fsp3) is 0.600. The Hall–Kier alpha value is -3.86. The number of carboxylic acid groups (broad SMARTS) is 1. The minimum atomic E-state index is -1.25. The molecule has 0 unspecified atom stereocenters. The molecule has 296 valence electrons. The Balaban J connectivity index is 1.49. The van der Waals surface area contributed by atoms with Gasteiger partial charge in [0.1, 0.15) is 5.78 Å². The molecule has 1 aromatic rings. The smallest absolute Gasteiger partial charge is 0.331 e. The molecule has 7 rings (SSSR count). The number of rotatable bonds is 6. The van der Waals surface area contributed by atoms with Crippen molar-refractivity contribution in [1.82, 2.24) is 0 Å². The standard InChI is InChI=1S/C45H59N3O7/c1-24(39(54)55)22-30(49)33-27-14-10-11-15-28-37(53)34-35(43(5)32(51)23-45(27,44(28,43)6)21-18-29(33)48-40(46)47)36(52)26(17-16-25-12-8-7-9-13-25)38-41(2,3)31(50)19-20-42(34,38)4/h7-9,12-13,16-18,21-22,26-30,32-33,36,38,49,51-52H,10-11,14-15,19-20,23H2,1-6H3,(H,54,55)(H4,46,47,48)/t26-,27+,28-,29+,30-,32+,33-,36-,38+,42-,43-,44+,45-/m1/s1. The van der Waals surface area contributed by atoms with Crippen LogP contribution in [0.3, 0.4) is 0 Å². The highest BCUT2D eigenvalue weighted by molar-refractivity contribution is 6.03. The molecule has 6 aliphatic rings. The molecule has 0 radical (unpaired) electrons. The van der Waals surface area contributed by atoms with Gasteiger partial charge in [0.25, 0.3) is 0 Å². The molecule has 1 aromatic carbocycles. The molecule has 10 nitrogen and oxygen atoms in total. The lowest BCUT2D eigenvalue weighted by molar-refractivity contribution is -0.164. The van der Waals surface area contributed by atoms with Crippen molar-refractivity contribution in [3.8, 4) is 0 Å². The van der Waals surface area contributed by atoms with E-state index in [1.807, 2.05) is 69.3 Å². The number of aliphatic hydroxyl groups excluding tert-OH is 3. The highest BCUT2D eigenvalue weighted by Crippen LogP contribution is 2.79. The molecule has 3 fully saturated rings. The van der Waals surface area contributed by atoms with Gasteiger partial charge in [-0.25, -0.2) is 9.79 Å². The lowest BCUT2D eigenvalue weighted by Crippen LogP contribution is -2.67. The number of aliphatic hydroxyl groups is 3. The Labute approximate surface area is 324 Å². The average Bonchev–Trinajstić information content (AvgIpc) is 3.28. The number of guanidine groups is 1. The van der Waals surface area contributed by atoms with Crippen LogP contribution in [0, 0.1) is 56.7 Å². The maximum Gasteiger partial charge on any atom is 0.331 e. The third-order valence-corrected chi connectivity index (χ3v) is 16.1. The molecule has 8 N–H and O–H groups in total. The van der Waals surface area contributed by atoms with Gasteiger partial charge in [0.15, 0.2) is 11.7 Å². The molecule has 3 saturated carbocycles. The molecule has 0 aromatic heterocycles. The third kappa shape index (κ3) is 5.37. The molecule has 0 amide bonds. The first kappa shape index (κ1) is 39.4. The summed E-state index contributed by atoms with van der Waals surface area (Å²) in [6.45, 7) is 11.6. The minimum Gasteiger partial charge on any atom is -0.478 e. The summed E-state index contributed by atoms with van der Waals surface area (Å²) in [6.07, 6.45) is 9.71. The van der Waals surface area contributed by atoms with Crippen LogP contribution in [0.2, 0.25) is 0 Å². The van der Waals surface area contributed by atoms with E-state index in [0.717, 1.165) is 18.4 Å². The van der Waals surface area contributed by atoms with E-state index in [1.165, 1.54) is 13.0 Å². The summed E-state index contributed by atoms with van der Waals surface area (Å²) in [5, 5.41) is 47.6. The quantitative estimate of drug-likeness (QED) is 0.0958. The number of allylic oxidation sites excluding steroid dienone is 2. The summed E-state index contributed by atoms with van der Waals surface area (Å²) in [4.78, 5) is 46.1.